The van der Waals surface area contributed by atoms with Crippen LogP contribution >= 0.6 is 7.26 Å². The van der Waals surface area contributed by atoms with Gasteiger partial charge in [-0.15, -0.1) is 0 Å². The number of allylic oxidation sites excluding steroid dienone is 8. The molecule has 0 aromatic rings. The molecular weight excluding hydrogens is 319 g/mol. The largest absolute Gasteiger partial charge is 0.124 e. The predicted octanol–water partition coefficient (Wildman–Crippen LogP) is 9.82. The van der Waals surface area contributed by atoms with Gasteiger partial charge in [-0.2, -0.15) is 0 Å². The summed E-state index contributed by atoms with van der Waals surface area (Å²) in [6, 6.07) is 0. The second-order valence-corrected chi connectivity index (χ2v) is 11.4. The summed E-state index contributed by atoms with van der Waals surface area (Å²) >= 11 is 0. The normalized spacial score (nSPS) is 15.0. The van der Waals surface area contributed by atoms with Crippen molar-refractivity contribution in [3.05, 3.63) is 45.6 Å². The molecule has 0 heterocycles. The molecule has 1 heteroatoms. The molecule has 144 valence electrons. The molecule has 0 aromatic carbocycles. The van der Waals surface area contributed by atoms with Gasteiger partial charge in [0.15, 0.2) is 0 Å². The first-order valence-electron chi connectivity index (χ1n) is 10.5. The molecule has 0 rings (SSSR count). The van der Waals surface area contributed by atoms with Crippen LogP contribution < -0.4 is 0 Å². The Morgan fingerprint density at radius 2 is 0.680 bits per heavy atom. The van der Waals surface area contributed by atoms with Crippen molar-refractivity contribution in [3.63, 3.8) is 0 Å². The molecule has 0 atom stereocenters. The fraction of sp³-hybridized carbons (Fsp3) is 0.667. The minimum atomic E-state index is -1.53. The zero-order chi connectivity index (χ0) is 19.3. The summed E-state index contributed by atoms with van der Waals surface area (Å²) in [4.78, 5) is 0. The third-order valence-electron chi connectivity index (χ3n) is 5.03. The Kier molecular flexibility index (Phi) is 13.2. The van der Waals surface area contributed by atoms with Gasteiger partial charge in [0.25, 0.3) is 0 Å². The van der Waals surface area contributed by atoms with Gasteiger partial charge in [-0.05, 0) is 77.7 Å². The highest BCUT2D eigenvalue weighted by molar-refractivity contribution is 7.90. The van der Waals surface area contributed by atoms with E-state index in [1.165, 1.54) is 51.4 Å². The van der Waals surface area contributed by atoms with Crippen molar-refractivity contribution in [2.45, 2.75) is 107 Å². The number of rotatable bonds is 12. The van der Waals surface area contributed by atoms with Crippen LogP contribution in [0.4, 0.5) is 0 Å². The van der Waals surface area contributed by atoms with Gasteiger partial charge in [-0.3, -0.25) is 0 Å². The van der Waals surface area contributed by atoms with Crippen LogP contribution in [-0.4, -0.2) is 0 Å². The number of hydrogen-bond donors (Lipinski definition) is 0. The first kappa shape index (κ1) is 24.4. The fourth-order valence-corrected chi connectivity index (χ4v) is 8.58. The van der Waals surface area contributed by atoms with Crippen LogP contribution in [0.5, 0.6) is 0 Å². The lowest BCUT2D eigenvalue weighted by Gasteiger charge is -2.30. The summed E-state index contributed by atoms with van der Waals surface area (Å²) in [5, 5.41) is 6.48. The molecule has 0 spiro atoms. The van der Waals surface area contributed by atoms with E-state index in [4.69, 9.17) is 0 Å². The Hall–Kier alpha value is -0.610. The molecule has 0 saturated carbocycles. The quantitative estimate of drug-likeness (QED) is 0.303. The zero-order valence-electron chi connectivity index (χ0n) is 18.4. The van der Waals surface area contributed by atoms with E-state index in [1.54, 1.807) is 21.3 Å². The van der Waals surface area contributed by atoms with Gasteiger partial charge in [0.2, 0.25) is 0 Å². The lowest BCUT2D eigenvalue weighted by molar-refractivity contribution is 0.948. The minimum Gasteiger partial charge on any atom is -0.0651 e. The van der Waals surface area contributed by atoms with Crippen LogP contribution in [0.2, 0.25) is 0 Å². The van der Waals surface area contributed by atoms with Gasteiger partial charge in [0, 0.05) is 0 Å². The number of unbranched alkanes of at least 4 members (excludes halogenated alkanes) is 4. The van der Waals surface area contributed by atoms with E-state index >= 15 is 0 Å². The van der Waals surface area contributed by atoms with Crippen molar-refractivity contribution >= 4 is 7.26 Å². The second-order valence-electron chi connectivity index (χ2n) is 7.21. The maximum absolute atomic E-state index is 2.53. The van der Waals surface area contributed by atoms with Crippen molar-refractivity contribution in [1.29, 1.82) is 0 Å². The lowest BCUT2D eigenvalue weighted by atomic mass is 10.3. The molecule has 0 unspecified atom stereocenters. The van der Waals surface area contributed by atoms with Gasteiger partial charge in [0.05, 0.1) is 21.3 Å². The molecule has 0 fully saturated rings. The van der Waals surface area contributed by atoms with Gasteiger partial charge >= 0.3 is 0 Å². The van der Waals surface area contributed by atoms with Crippen LogP contribution in [0.3, 0.4) is 0 Å². The molecule has 0 N–H and O–H groups in total. The van der Waals surface area contributed by atoms with E-state index in [1.807, 2.05) is 0 Å². The third kappa shape index (κ3) is 6.90. The SMILES string of the molecule is CCC/C=C(/C)[P+](/C(C)=C\CCC)(/C(C)=C\CCC)/C(C)=C\CCC. The van der Waals surface area contributed by atoms with Gasteiger partial charge < -0.3 is 0 Å². The predicted molar refractivity (Wildman–Crippen MR) is 122 cm³/mol. The van der Waals surface area contributed by atoms with Gasteiger partial charge in [-0.1, -0.05) is 53.4 Å². The summed E-state index contributed by atoms with van der Waals surface area (Å²) in [5.74, 6) is 0. The van der Waals surface area contributed by atoms with Gasteiger partial charge in [0.1, 0.15) is 7.26 Å². The van der Waals surface area contributed by atoms with E-state index in [2.05, 4.69) is 79.7 Å². The third-order valence-corrected chi connectivity index (χ3v) is 9.99. The monoisotopic (exact) mass is 363 g/mol. The van der Waals surface area contributed by atoms with Crippen LogP contribution in [0.1, 0.15) is 107 Å². The fourth-order valence-electron chi connectivity index (χ4n) is 3.63. The molecule has 0 radical (unpaired) electrons. The van der Waals surface area contributed by atoms with E-state index in [0.29, 0.717) is 0 Å². The molecular formula is C24H44P+. The topological polar surface area (TPSA) is 0 Å². The molecule has 0 bridgehead atoms. The summed E-state index contributed by atoms with van der Waals surface area (Å²) in [6.45, 7) is 18.7. The first-order chi connectivity index (χ1) is 11.9. The Balaban J connectivity index is 6.50. The van der Waals surface area contributed by atoms with Crippen LogP contribution in [-0.2, 0) is 0 Å². The lowest BCUT2D eigenvalue weighted by Crippen LogP contribution is -2.02. The standard InChI is InChI=1S/C24H44P/c1-9-13-17-21(5)25(22(6)18-14-10-2,23(7)19-15-11-3)24(8)20-16-12-4/h17-20H,9-16H2,1-8H3/q+1/b21-17-,22-18-,23-19-,24-20-. The van der Waals surface area contributed by atoms with E-state index in [-0.39, 0.29) is 0 Å². The molecule has 0 aliphatic carbocycles. The summed E-state index contributed by atoms with van der Waals surface area (Å²) in [6.07, 6.45) is 19.8. The summed E-state index contributed by atoms with van der Waals surface area (Å²) in [5.41, 5.74) is 0. The minimum absolute atomic E-state index is 1.19. The Bertz CT molecular complexity index is 395. The molecule has 0 amide bonds. The van der Waals surface area contributed by atoms with Crippen molar-refractivity contribution < 1.29 is 0 Å². The maximum atomic E-state index is 2.53. The molecule has 0 saturated heterocycles. The van der Waals surface area contributed by atoms with E-state index in [0.717, 1.165) is 0 Å². The van der Waals surface area contributed by atoms with Gasteiger partial charge in [-0.25, -0.2) is 0 Å². The molecule has 0 nitrogen and oxygen atoms in total. The zero-order valence-corrected chi connectivity index (χ0v) is 19.3. The van der Waals surface area contributed by atoms with Crippen molar-refractivity contribution in [2.75, 3.05) is 0 Å². The van der Waals surface area contributed by atoms with E-state index in [9.17, 15) is 0 Å². The number of hydrogen-bond acceptors (Lipinski definition) is 0. The van der Waals surface area contributed by atoms with Crippen LogP contribution in [0.15, 0.2) is 45.6 Å². The molecule has 0 aliphatic rings. The maximum Gasteiger partial charge on any atom is 0.124 e. The average molecular weight is 364 g/mol. The highest BCUT2D eigenvalue weighted by Gasteiger charge is 2.46. The summed E-state index contributed by atoms with van der Waals surface area (Å²) in [7, 11) is -1.53. The Labute approximate surface area is 159 Å². The van der Waals surface area contributed by atoms with Crippen LogP contribution in [0.25, 0.3) is 0 Å². The van der Waals surface area contributed by atoms with E-state index < -0.39 is 7.26 Å². The second kappa shape index (κ2) is 13.6. The van der Waals surface area contributed by atoms with Crippen molar-refractivity contribution in [2.24, 2.45) is 0 Å². The highest BCUT2D eigenvalue weighted by Crippen LogP contribution is 2.82. The molecule has 0 aromatic heterocycles. The summed E-state index contributed by atoms with van der Waals surface area (Å²) < 4.78 is 0. The van der Waals surface area contributed by atoms with Crippen molar-refractivity contribution in [1.82, 2.24) is 0 Å². The van der Waals surface area contributed by atoms with Crippen molar-refractivity contribution in [3.8, 4) is 0 Å². The smallest absolute Gasteiger partial charge is 0.0651 e. The highest BCUT2D eigenvalue weighted by atomic mass is 31.2. The average Bonchev–Trinajstić information content (AvgIpc) is 2.61. The Morgan fingerprint density at radius 1 is 0.480 bits per heavy atom. The Morgan fingerprint density at radius 3 is 0.840 bits per heavy atom. The molecule has 0 aliphatic heterocycles. The molecule has 25 heavy (non-hydrogen) atoms. The first-order valence-corrected chi connectivity index (χ1v) is 12.3. The van der Waals surface area contributed by atoms with Crippen LogP contribution in [0, 0.1) is 0 Å².